The van der Waals surface area contributed by atoms with Crippen molar-refractivity contribution in [3.05, 3.63) is 54.1 Å². The number of benzene rings is 2. The molecule has 0 fully saturated rings. The van der Waals surface area contributed by atoms with E-state index in [9.17, 15) is 4.79 Å². The molecule has 4 nitrogen and oxygen atoms in total. The van der Waals surface area contributed by atoms with Crippen molar-refractivity contribution in [2.45, 2.75) is 13.0 Å². The highest BCUT2D eigenvalue weighted by molar-refractivity contribution is 5.76. The minimum Gasteiger partial charge on any atom is -0.497 e. The van der Waals surface area contributed by atoms with Gasteiger partial charge >= 0.3 is 0 Å². The summed E-state index contributed by atoms with van der Waals surface area (Å²) in [5, 5.41) is 2.84. The summed E-state index contributed by atoms with van der Waals surface area (Å²) in [5.74, 6) is 0.819. The summed E-state index contributed by atoms with van der Waals surface area (Å²) in [5.41, 5.74) is 8.62. The molecule has 0 unspecified atom stereocenters. The number of carbonyl (C=O) groups is 1. The molecule has 0 saturated carbocycles. The molecule has 2 rings (SSSR count). The topological polar surface area (TPSA) is 64.3 Å². The van der Waals surface area contributed by atoms with Gasteiger partial charge in [0.1, 0.15) is 5.75 Å². The largest absolute Gasteiger partial charge is 0.497 e. The van der Waals surface area contributed by atoms with E-state index in [1.165, 1.54) is 0 Å². The van der Waals surface area contributed by atoms with Crippen LogP contribution in [0, 0.1) is 0 Å². The minimum atomic E-state index is -0.0191. The fourth-order valence-corrected chi connectivity index (χ4v) is 2.04. The lowest BCUT2D eigenvalue weighted by Crippen LogP contribution is -2.24. The van der Waals surface area contributed by atoms with Gasteiger partial charge in [-0.15, -0.1) is 0 Å². The van der Waals surface area contributed by atoms with Gasteiger partial charge in [-0.3, -0.25) is 4.79 Å². The second kappa shape index (κ2) is 7.45. The minimum absolute atomic E-state index is 0.0191. The normalized spacial score (nSPS) is 10.2. The van der Waals surface area contributed by atoms with Gasteiger partial charge in [0.2, 0.25) is 5.91 Å². The van der Waals surface area contributed by atoms with Crippen LogP contribution >= 0.6 is 0 Å². The molecule has 21 heavy (non-hydrogen) atoms. The fourth-order valence-electron chi connectivity index (χ4n) is 2.04. The standard InChI is InChI=1S/C17H20N2O2/c1-21-16-4-2-3-15(11-16)14-7-5-13(6-8-14)12-19-17(20)9-10-18/h2-8,11H,9-10,12,18H2,1H3,(H,19,20). The fraction of sp³-hybridized carbons (Fsp3) is 0.235. The van der Waals surface area contributed by atoms with Crippen molar-refractivity contribution in [3.63, 3.8) is 0 Å². The predicted molar refractivity (Wildman–Crippen MR) is 83.9 cm³/mol. The molecule has 110 valence electrons. The molecular weight excluding hydrogens is 264 g/mol. The summed E-state index contributed by atoms with van der Waals surface area (Å²) in [4.78, 5) is 11.4. The van der Waals surface area contributed by atoms with E-state index >= 15 is 0 Å². The Morgan fingerprint density at radius 1 is 1.14 bits per heavy atom. The Morgan fingerprint density at radius 2 is 1.90 bits per heavy atom. The first kappa shape index (κ1) is 15.1. The monoisotopic (exact) mass is 284 g/mol. The first-order valence-electron chi connectivity index (χ1n) is 6.93. The molecule has 0 saturated heterocycles. The van der Waals surface area contributed by atoms with Crippen LogP contribution in [0.1, 0.15) is 12.0 Å². The Kier molecular flexibility index (Phi) is 5.35. The van der Waals surface area contributed by atoms with Crippen LogP contribution in [0.25, 0.3) is 11.1 Å². The summed E-state index contributed by atoms with van der Waals surface area (Å²) in [6.45, 7) is 0.901. The Balaban J connectivity index is 2.03. The van der Waals surface area contributed by atoms with E-state index in [0.29, 0.717) is 19.5 Å². The maximum Gasteiger partial charge on any atom is 0.221 e. The van der Waals surface area contributed by atoms with Crippen molar-refractivity contribution in [2.75, 3.05) is 13.7 Å². The van der Waals surface area contributed by atoms with Gasteiger partial charge < -0.3 is 15.8 Å². The van der Waals surface area contributed by atoms with E-state index in [4.69, 9.17) is 10.5 Å². The number of nitrogens with two attached hydrogens (primary N) is 1. The number of amides is 1. The lowest BCUT2D eigenvalue weighted by Gasteiger charge is -2.07. The summed E-state index contributed by atoms with van der Waals surface area (Å²) >= 11 is 0. The second-order valence-corrected chi connectivity index (χ2v) is 4.74. The summed E-state index contributed by atoms with van der Waals surface area (Å²) < 4.78 is 5.23. The van der Waals surface area contributed by atoms with Crippen LogP contribution in [0.4, 0.5) is 0 Å². The average molecular weight is 284 g/mol. The summed E-state index contributed by atoms with van der Waals surface area (Å²) in [6.07, 6.45) is 0.363. The molecule has 0 aromatic heterocycles. The maximum absolute atomic E-state index is 11.4. The van der Waals surface area contributed by atoms with E-state index in [1.54, 1.807) is 7.11 Å². The van der Waals surface area contributed by atoms with Crippen molar-refractivity contribution in [1.29, 1.82) is 0 Å². The third kappa shape index (κ3) is 4.33. The SMILES string of the molecule is COc1cccc(-c2ccc(CNC(=O)CCN)cc2)c1. The Hall–Kier alpha value is -2.33. The van der Waals surface area contributed by atoms with Crippen LogP contribution in [0.15, 0.2) is 48.5 Å². The second-order valence-electron chi connectivity index (χ2n) is 4.74. The molecule has 1 amide bonds. The molecule has 0 bridgehead atoms. The Labute approximate surface area is 124 Å². The summed E-state index contributed by atoms with van der Waals surface area (Å²) in [7, 11) is 1.66. The average Bonchev–Trinajstić information content (AvgIpc) is 2.54. The van der Waals surface area contributed by atoms with Crippen molar-refractivity contribution in [2.24, 2.45) is 5.73 Å². The predicted octanol–water partition coefficient (Wildman–Crippen LogP) is 2.33. The molecule has 0 radical (unpaired) electrons. The highest BCUT2D eigenvalue weighted by Crippen LogP contribution is 2.23. The molecule has 4 heteroatoms. The number of carbonyl (C=O) groups excluding carboxylic acids is 1. The molecule has 3 N–H and O–H groups in total. The van der Waals surface area contributed by atoms with Gasteiger partial charge in [-0.25, -0.2) is 0 Å². The zero-order valence-electron chi connectivity index (χ0n) is 12.1. The Bertz CT molecular complexity index is 594. The van der Waals surface area contributed by atoms with Crippen molar-refractivity contribution in [1.82, 2.24) is 5.32 Å². The molecule has 0 aliphatic heterocycles. The van der Waals surface area contributed by atoms with Gasteiger partial charge in [-0.05, 0) is 28.8 Å². The van der Waals surface area contributed by atoms with Gasteiger partial charge in [0.15, 0.2) is 0 Å². The number of hydrogen-bond donors (Lipinski definition) is 2. The lowest BCUT2D eigenvalue weighted by atomic mass is 10.0. The van der Waals surface area contributed by atoms with Crippen LogP contribution in [0.3, 0.4) is 0 Å². The zero-order chi connectivity index (χ0) is 15.1. The highest BCUT2D eigenvalue weighted by atomic mass is 16.5. The third-order valence-corrected chi connectivity index (χ3v) is 3.22. The molecule has 0 aliphatic rings. The zero-order valence-corrected chi connectivity index (χ0v) is 12.1. The molecule has 0 spiro atoms. The lowest BCUT2D eigenvalue weighted by molar-refractivity contribution is -0.121. The van der Waals surface area contributed by atoms with Gasteiger partial charge in [0.05, 0.1) is 7.11 Å². The molecule has 0 atom stereocenters. The quantitative estimate of drug-likeness (QED) is 0.855. The number of rotatable bonds is 6. The van der Waals surface area contributed by atoms with E-state index in [2.05, 4.69) is 5.32 Å². The van der Waals surface area contributed by atoms with Crippen LogP contribution in [0.5, 0.6) is 5.75 Å². The van der Waals surface area contributed by atoms with Gasteiger partial charge in [0.25, 0.3) is 0 Å². The Morgan fingerprint density at radius 3 is 2.57 bits per heavy atom. The first-order valence-corrected chi connectivity index (χ1v) is 6.93. The smallest absolute Gasteiger partial charge is 0.221 e. The van der Waals surface area contributed by atoms with E-state index in [0.717, 1.165) is 22.4 Å². The maximum atomic E-state index is 11.4. The van der Waals surface area contributed by atoms with Crippen LogP contribution in [0.2, 0.25) is 0 Å². The number of methoxy groups -OCH3 is 1. The van der Waals surface area contributed by atoms with Gasteiger partial charge in [-0.1, -0.05) is 36.4 Å². The summed E-state index contributed by atoms with van der Waals surface area (Å²) in [6, 6.07) is 16.0. The molecular formula is C17H20N2O2. The van der Waals surface area contributed by atoms with E-state index in [1.807, 2.05) is 48.5 Å². The van der Waals surface area contributed by atoms with Crippen molar-refractivity contribution in [3.8, 4) is 16.9 Å². The number of nitrogens with one attached hydrogen (secondary N) is 1. The van der Waals surface area contributed by atoms with Gasteiger partial charge in [0, 0.05) is 19.5 Å². The van der Waals surface area contributed by atoms with Crippen LogP contribution < -0.4 is 15.8 Å². The van der Waals surface area contributed by atoms with Gasteiger partial charge in [-0.2, -0.15) is 0 Å². The molecule has 2 aromatic rings. The number of hydrogen-bond acceptors (Lipinski definition) is 3. The third-order valence-electron chi connectivity index (χ3n) is 3.22. The highest BCUT2D eigenvalue weighted by Gasteiger charge is 2.02. The van der Waals surface area contributed by atoms with E-state index in [-0.39, 0.29) is 5.91 Å². The van der Waals surface area contributed by atoms with Crippen molar-refractivity contribution >= 4 is 5.91 Å². The first-order chi connectivity index (χ1) is 10.2. The molecule has 0 aliphatic carbocycles. The number of ether oxygens (including phenoxy) is 1. The van der Waals surface area contributed by atoms with Crippen molar-refractivity contribution < 1.29 is 9.53 Å². The molecule has 2 aromatic carbocycles. The van der Waals surface area contributed by atoms with Crippen LogP contribution in [-0.4, -0.2) is 19.6 Å². The van der Waals surface area contributed by atoms with Crippen LogP contribution in [-0.2, 0) is 11.3 Å². The molecule has 0 heterocycles. The van der Waals surface area contributed by atoms with E-state index < -0.39 is 0 Å².